The normalized spacial score (nSPS) is 15.3. The van der Waals surface area contributed by atoms with Gasteiger partial charge in [0.25, 0.3) is 5.91 Å². The number of amides is 2. The van der Waals surface area contributed by atoms with Crippen LogP contribution in [0.25, 0.3) is 0 Å². The van der Waals surface area contributed by atoms with Gasteiger partial charge in [-0.25, -0.2) is 4.79 Å². The lowest BCUT2D eigenvalue weighted by atomic mass is 10.0. The van der Waals surface area contributed by atoms with Gasteiger partial charge >= 0.3 is 6.09 Å². The van der Waals surface area contributed by atoms with Gasteiger partial charge < -0.3 is 15.0 Å². The van der Waals surface area contributed by atoms with Gasteiger partial charge in [-0.15, -0.1) is 0 Å². The highest BCUT2D eigenvalue weighted by molar-refractivity contribution is 5.94. The minimum absolute atomic E-state index is 0.0664. The second-order valence-electron chi connectivity index (χ2n) is 4.97. The molecule has 1 N–H and O–H groups in total. The van der Waals surface area contributed by atoms with Crippen molar-refractivity contribution in [2.45, 2.75) is 18.9 Å². The summed E-state index contributed by atoms with van der Waals surface area (Å²) in [5.74, 6) is -0.0664. The summed E-state index contributed by atoms with van der Waals surface area (Å²) >= 11 is 0. The number of nitrogens with zero attached hydrogens (tertiary/aromatic N) is 1. The van der Waals surface area contributed by atoms with Crippen LogP contribution in [0, 0.1) is 0 Å². The Bertz CT molecular complexity index is 494. The van der Waals surface area contributed by atoms with Gasteiger partial charge in [0.05, 0.1) is 0 Å². The molecule has 2 rings (SSSR count). The Hall–Kier alpha value is -2.30. The van der Waals surface area contributed by atoms with Crippen molar-refractivity contribution in [1.29, 1.82) is 0 Å². The van der Waals surface area contributed by atoms with E-state index in [1.165, 1.54) is 0 Å². The lowest BCUT2D eigenvalue weighted by Crippen LogP contribution is -2.46. The molecule has 1 heterocycles. The molecule has 1 aliphatic rings. The molecule has 0 radical (unpaired) electrons. The molecule has 112 valence electrons. The Morgan fingerprint density at radius 2 is 1.95 bits per heavy atom. The maximum absolute atomic E-state index is 12.0. The first-order valence-corrected chi connectivity index (χ1v) is 7.09. The smallest absolute Gasteiger partial charge is 0.410 e. The predicted molar refractivity (Wildman–Crippen MR) is 80.0 cm³/mol. The largest absolute Gasteiger partial charge is 0.445 e. The van der Waals surface area contributed by atoms with E-state index in [-0.39, 0.29) is 24.6 Å². The molecule has 1 saturated heterocycles. The third-order valence-electron chi connectivity index (χ3n) is 3.45. The van der Waals surface area contributed by atoms with Crippen molar-refractivity contribution in [3.8, 4) is 0 Å². The van der Waals surface area contributed by atoms with Crippen molar-refractivity contribution in [3.63, 3.8) is 0 Å². The Morgan fingerprint density at radius 1 is 1.29 bits per heavy atom. The average Bonchev–Trinajstić information content (AvgIpc) is 2.54. The van der Waals surface area contributed by atoms with Crippen molar-refractivity contribution < 1.29 is 14.3 Å². The van der Waals surface area contributed by atoms with Gasteiger partial charge in [0.1, 0.15) is 6.61 Å². The van der Waals surface area contributed by atoms with Gasteiger partial charge in [-0.3, -0.25) is 4.79 Å². The zero-order valence-corrected chi connectivity index (χ0v) is 12.0. The lowest BCUT2D eigenvalue weighted by molar-refractivity contribution is 0.0874. The minimum atomic E-state index is -0.317. The summed E-state index contributed by atoms with van der Waals surface area (Å²) in [5, 5.41) is 3.00. The zero-order chi connectivity index (χ0) is 15.1. The number of hydrogen-bond acceptors (Lipinski definition) is 3. The molecular weight excluding hydrogens is 268 g/mol. The van der Waals surface area contributed by atoms with Crippen LogP contribution in [0.1, 0.15) is 23.2 Å². The van der Waals surface area contributed by atoms with Crippen LogP contribution in [-0.4, -0.2) is 42.6 Å². The Kier molecular flexibility index (Phi) is 5.37. The van der Waals surface area contributed by atoms with Crippen LogP contribution in [0.5, 0.6) is 0 Å². The molecule has 0 spiro atoms. The standard InChI is InChI=1S/C16H20N2O3/c1-2-12-21-16(20)18-10-8-14(9-11-18)17-15(19)13-6-4-3-5-7-13/h2-7,14H,1,8-12H2,(H,17,19). The fraction of sp³-hybridized carbons (Fsp3) is 0.375. The van der Waals surface area contributed by atoms with Gasteiger partial charge in [0, 0.05) is 24.7 Å². The SMILES string of the molecule is C=CCOC(=O)N1CCC(NC(=O)c2ccccc2)CC1. The summed E-state index contributed by atoms with van der Waals surface area (Å²) in [4.78, 5) is 25.4. The summed E-state index contributed by atoms with van der Waals surface area (Å²) in [6, 6.07) is 9.24. The molecule has 5 heteroatoms. The maximum atomic E-state index is 12.0. The van der Waals surface area contributed by atoms with E-state index in [4.69, 9.17) is 4.74 Å². The van der Waals surface area contributed by atoms with Crippen LogP contribution < -0.4 is 5.32 Å². The first-order valence-electron chi connectivity index (χ1n) is 7.09. The number of piperidine rings is 1. The number of carbonyl (C=O) groups is 2. The summed E-state index contributed by atoms with van der Waals surface area (Å²) in [6.45, 7) is 4.92. The monoisotopic (exact) mass is 288 g/mol. The molecule has 0 aromatic heterocycles. The molecule has 1 aliphatic heterocycles. The van der Waals surface area contributed by atoms with Crippen LogP contribution >= 0.6 is 0 Å². The highest BCUT2D eigenvalue weighted by Gasteiger charge is 2.24. The Morgan fingerprint density at radius 3 is 2.57 bits per heavy atom. The fourth-order valence-electron chi connectivity index (χ4n) is 2.29. The van der Waals surface area contributed by atoms with E-state index in [9.17, 15) is 9.59 Å². The Balaban J connectivity index is 1.78. The molecule has 1 aromatic rings. The number of ether oxygens (including phenoxy) is 1. The van der Waals surface area contributed by atoms with Gasteiger partial charge in [0.15, 0.2) is 0 Å². The van der Waals surface area contributed by atoms with Crippen LogP contribution in [0.2, 0.25) is 0 Å². The third-order valence-corrected chi connectivity index (χ3v) is 3.45. The molecule has 0 atom stereocenters. The van der Waals surface area contributed by atoms with Crippen LogP contribution in [-0.2, 0) is 4.74 Å². The minimum Gasteiger partial charge on any atom is -0.445 e. The van der Waals surface area contributed by atoms with Crippen molar-refractivity contribution in [3.05, 3.63) is 48.6 Å². The number of carbonyl (C=O) groups excluding carboxylic acids is 2. The van der Waals surface area contributed by atoms with E-state index in [0.29, 0.717) is 18.7 Å². The summed E-state index contributed by atoms with van der Waals surface area (Å²) in [7, 11) is 0. The molecular formula is C16H20N2O3. The highest BCUT2D eigenvalue weighted by atomic mass is 16.6. The van der Waals surface area contributed by atoms with E-state index in [0.717, 1.165) is 12.8 Å². The molecule has 2 amide bonds. The van der Waals surface area contributed by atoms with E-state index >= 15 is 0 Å². The molecule has 0 saturated carbocycles. The quantitative estimate of drug-likeness (QED) is 0.864. The predicted octanol–water partition coefficient (Wildman–Crippen LogP) is 2.20. The van der Waals surface area contributed by atoms with Gasteiger partial charge in [-0.2, -0.15) is 0 Å². The number of hydrogen-bond donors (Lipinski definition) is 1. The number of nitrogens with one attached hydrogen (secondary N) is 1. The third kappa shape index (κ3) is 4.34. The van der Waals surface area contributed by atoms with E-state index in [1.807, 2.05) is 18.2 Å². The lowest BCUT2D eigenvalue weighted by Gasteiger charge is -2.31. The summed E-state index contributed by atoms with van der Waals surface area (Å²) < 4.78 is 5.00. The van der Waals surface area contributed by atoms with Crippen LogP contribution in [0.15, 0.2) is 43.0 Å². The van der Waals surface area contributed by atoms with Gasteiger partial charge in [-0.05, 0) is 25.0 Å². The summed E-state index contributed by atoms with van der Waals surface area (Å²) in [6.07, 6.45) is 2.71. The number of rotatable bonds is 4. The molecule has 1 aromatic carbocycles. The maximum Gasteiger partial charge on any atom is 0.410 e. The molecule has 0 unspecified atom stereocenters. The van der Waals surface area contributed by atoms with Crippen molar-refractivity contribution >= 4 is 12.0 Å². The summed E-state index contributed by atoms with van der Waals surface area (Å²) in [5.41, 5.74) is 0.658. The van der Waals surface area contributed by atoms with Crippen LogP contribution in [0.3, 0.4) is 0 Å². The molecule has 0 bridgehead atoms. The number of likely N-dealkylation sites (tertiary alicyclic amines) is 1. The van der Waals surface area contributed by atoms with Gasteiger partial charge in [-0.1, -0.05) is 30.9 Å². The fourth-order valence-corrected chi connectivity index (χ4v) is 2.29. The van der Waals surface area contributed by atoms with E-state index in [2.05, 4.69) is 11.9 Å². The number of benzene rings is 1. The molecule has 5 nitrogen and oxygen atoms in total. The van der Waals surface area contributed by atoms with Gasteiger partial charge in [0.2, 0.25) is 0 Å². The molecule has 0 aliphatic carbocycles. The first kappa shape index (κ1) is 15.1. The first-order chi connectivity index (χ1) is 10.2. The topological polar surface area (TPSA) is 58.6 Å². The molecule has 1 fully saturated rings. The Labute approximate surface area is 124 Å². The van der Waals surface area contributed by atoms with Crippen molar-refractivity contribution in [2.24, 2.45) is 0 Å². The van der Waals surface area contributed by atoms with E-state index < -0.39 is 0 Å². The zero-order valence-electron chi connectivity index (χ0n) is 12.0. The highest BCUT2D eigenvalue weighted by Crippen LogP contribution is 2.12. The molecule has 21 heavy (non-hydrogen) atoms. The average molecular weight is 288 g/mol. The van der Waals surface area contributed by atoms with E-state index in [1.54, 1.807) is 23.1 Å². The second-order valence-corrected chi connectivity index (χ2v) is 4.97. The second kappa shape index (κ2) is 7.47. The van der Waals surface area contributed by atoms with Crippen molar-refractivity contribution in [1.82, 2.24) is 10.2 Å². The van der Waals surface area contributed by atoms with Crippen LogP contribution in [0.4, 0.5) is 4.79 Å². The van der Waals surface area contributed by atoms with Crippen molar-refractivity contribution in [2.75, 3.05) is 19.7 Å².